The SMILES string of the molecule is CC(C)C[C@H](NC(=O)[C@H](CO)NC(=O)[C@@H](NC(=O)[C@H](CCC(=O)O)NC(=O)[C@H](C)NC(=O)[C@H](CCC(N)=O)NC(=O)[C@H](Cc1ccc(O)cc1)NC(=O)[C@@H](N)CCCN=C(N)N)C(C)C)C(=O)N[C@@H](Cc1ccccc1)C(=O)O. The van der Waals surface area contributed by atoms with E-state index in [1.807, 2.05) is 0 Å². The van der Waals surface area contributed by atoms with Gasteiger partial charge in [0.05, 0.1) is 12.6 Å². The highest BCUT2D eigenvalue weighted by atomic mass is 16.4. The van der Waals surface area contributed by atoms with Crippen molar-refractivity contribution in [2.24, 2.45) is 39.8 Å². The van der Waals surface area contributed by atoms with Crippen molar-refractivity contribution < 1.29 is 73.2 Å². The Labute approximate surface area is 456 Å². The molecule has 28 heteroatoms. The quantitative estimate of drug-likeness (QED) is 0.0180. The first-order valence-electron chi connectivity index (χ1n) is 25.5. The van der Waals surface area contributed by atoms with E-state index in [4.69, 9.17) is 22.9 Å². The second-order valence-electron chi connectivity index (χ2n) is 19.5. The monoisotopic (exact) mass is 1110 g/mol. The zero-order valence-electron chi connectivity index (χ0n) is 44.9. The van der Waals surface area contributed by atoms with Crippen molar-refractivity contribution in [3.63, 3.8) is 0 Å². The summed E-state index contributed by atoms with van der Waals surface area (Å²) in [7, 11) is 0. The number of phenols is 1. The average molecular weight is 1110 g/mol. The lowest BCUT2D eigenvalue weighted by Gasteiger charge is -2.28. The summed E-state index contributed by atoms with van der Waals surface area (Å²) in [4.78, 5) is 149. The van der Waals surface area contributed by atoms with Crippen LogP contribution in [-0.4, -0.2) is 159 Å². The molecule has 0 aliphatic heterocycles. The molecule has 0 fully saturated rings. The first-order chi connectivity index (χ1) is 37.1. The van der Waals surface area contributed by atoms with Crippen molar-refractivity contribution >= 4 is 71.1 Å². The third-order valence-electron chi connectivity index (χ3n) is 12.0. The summed E-state index contributed by atoms with van der Waals surface area (Å²) in [5.74, 6) is -12.5. The Morgan fingerprint density at radius 2 is 1.01 bits per heavy atom. The van der Waals surface area contributed by atoms with E-state index in [0.717, 1.165) is 0 Å². The van der Waals surface area contributed by atoms with E-state index in [0.29, 0.717) is 17.5 Å². The fourth-order valence-electron chi connectivity index (χ4n) is 7.59. The number of carboxylic acid groups (broad SMARTS) is 2. The number of carbonyl (C=O) groups is 11. The number of aliphatic imine (C=N–C) groups is 1. The predicted octanol–water partition coefficient (Wildman–Crippen LogP) is -3.63. The topological polar surface area (TPSA) is 481 Å². The Balaban J connectivity index is 2.28. The van der Waals surface area contributed by atoms with Gasteiger partial charge in [-0.15, -0.1) is 0 Å². The van der Waals surface area contributed by atoms with Crippen LogP contribution in [0.3, 0.4) is 0 Å². The van der Waals surface area contributed by atoms with Crippen LogP contribution in [-0.2, 0) is 65.6 Å². The van der Waals surface area contributed by atoms with Gasteiger partial charge < -0.3 is 85.9 Å². The summed E-state index contributed by atoms with van der Waals surface area (Å²) in [6, 6.07) is 0.943. The highest BCUT2D eigenvalue weighted by Crippen LogP contribution is 2.14. The van der Waals surface area contributed by atoms with Gasteiger partial charge in [-0.05, 0) is 74.1 Å². The molecule has 28 nitrogen and oxygen atoms in total. The Morgan fingerprint density at radius 3 is 1.56 bits per heavy atom. The number of nitrogens with zero attached hydrogens (tertiary/aromatic N) is 1. The standard InChI is InChI=1S/C51H77N13O15/c1-26(2)22-35(46(74)62-37(50(78)79)24-29-10-7-6-8-11-29)61-48(76)38(25-65)63-49(77)41(27(3)4)64-45(73)34(18-20-40(68)69)58-42(70)28(5)57-44(72)33(17-19-39(53)67)59-47(75)36(23-30-13-15-31(66)16-14-30)60-43(71)32(52)12-9-21-56-51(54)55/h6-8,10-11,13-16,26-28,32-38,41,65-66H,9,12,17-25,52H2,1-5H3,(H2,53,67)(H,57,72)(H,58,70)(H,59,75)(H,60,71)(H,61,76)(H,62,74)(H,63,77)(H,64,73)(H,68,69)(H,78,79)(H4,54,55,56)/t28-,32-,33-,34-,35-,36-,37-,38-,41-/m0/s1. The lowest BCUT2D eigenvalue weighted by atomic mass is 10.0. The lowest BCUT2D eigenvalue weighted by molar-refractivity contribution is -0.142. The number of benzene rings is 2. The molecule has 9 amide bonds. The fourth-order valence-corrected chi connectivity index (χ4v) is 7.59. The first-order valence-corrected chi connectivity index (χ1v) is 25.5. The van der Waals surface area contributed by atoms with Crippen LogP contribution in [0.4, 0.5) is 0 Å². The highest BCUT2D eigenvalue weighted by molar-refractivity contribution is 5.98. The zero-order chi connectivity index (χ0) is 59.5. The van der Waals surface area contributed by atoms with Crippen LogP contribution >= 0.6 is 0 Å². The summed E-state index contributed by atoms with van der Waals surface area (Å²) in [6.07, 6.45) is -1.87. The van der Waals surface area contributed by atoms with Crippen molar-refractivity contribution in [2.75, 3.05) is 13.2 Å². The van der Waals surface area contributed by atoms with E-state index in [2.05, 4.69) is 47.5 Å². The minimum Gasteiger partial charge on any atom is -0.508 e. The van der Waals surface area contributed by atoms with Gasteiger partial charge in [-0.3, -0.25) is 52.9 Å². The Hall–Kier alpha value is -8.40. The van der Waals surface area contributed by atoms with Gasteiger partial charge in [0, 0.05) is 32.2 Å². The van der Waals surface area contributed by atoms with E-state index in [9.17, 15) is 73.2 Å². The Kier molecular flexibility index (Phi) is 28.4. The first kappa shape index (κ1) is 66.7. The molecule has 0 unspecified atom stereocenters. The van der Waals surface area contributed by atoms with Crippen LogP contribution in [0.15, 0.2) is 59.6 Å². The third kappa shape index (κ3) is 25.1. The number of phenolic OH excluding ortho intramolecular Hbond substituents is 1. The average Bonchev–Trinajstić information content (AvgIpc) is 3.37. The number of guanidine groups is 1. The van der Waals surface area contributed by atoms with Gasteiger partial charge in [0.25, 0.3) is 0 Å². The van der Waals surface area contributed by atoms with Gasteiger partial charge >= 0.3 is 11.9 Å². The molecule has 0 aliphatic carbocycles. The maximum Gasteiger partial charge on any atom is 0.326 e. The molecule has 0 aliphatic rings. The molecule has 9 atom stereocenters. The number of nitrogens with one attached hydrogen (secondary N) is 8. The van der Waals surface area contributed by atoms with Crippen LogP contribution in [0, 0.1) is 11.8 Å². The molecule has 2 aromatic rings. The van der Waals surface area contributed by atoms with Gasteiger partial charge in [0.1, 0.15) is 54.1 Å². The predicted molar refractivity (Wildman–Crippen MR) is 285 cm³/mol. The summed E-state index contributed by atoms with van der Waals surface area (Å²) < 4.78 is 0. The minimum atomic E-state index is -1.71. The van der Waals surface area contributed by atoms with Gasteiger partial charge in [-0.1, -0.05) is 70.2 Å². The smallest absolute Gasteiger partial charge is 0.326 e. The zero-order valence-corrected chi connectivity index (χ0v) is 44.9. The molecule has 0 bridgehead atoms. The number of aliphatic carboxylic acids is 2. The molecular formula is C51H77N13O15. The Bertz CT molecular complexity index is 2440. The van der Waals surface area contributed by atoms with Crippen LogP contribution in [0.25, 0.3) is 0 Å². The number of hydrogen-bond donors (Lipinski definition) is 16. The van der Waals surface area contributed by atoms with Crippen LogP contribution in [0.2, 0.25) is 0 Å². The summed E-state index contributed by atoms with van der Waals surface area (Å²) >= 11 is 0. The number of nitrogens with two attached hydrogens (primary N) is 4. The van der Waals surface area contributed by atoms with Gasteiger partial charge in [-0.25, -0.2) is 4.79 Å². The molecule has 0 aromatic heterocycles. The normalized spacial score (nSPS) is 14.4. The van der Waals surface area contributed by atoms with Crippen molar-refractivity contribution in [1.82, 2.24) is 42.5 Å². The lowest BCUT2D eigenvalue weighted by Crippen LogP contribution is -2.61. The number of hydrogen-bond acceptors (Lipinski definition) is 15. The molecule has 20 N–H and O–H groups in total. The number of rotatable bonds is 35. The van der Waals surface area contributed by atoms with Crippen molar-refractivity contribution in [3.05, 3.63) is 65.7 Å². The van der Waals surface area contributed by atoms with Crippen molar-refractivity contribution in [1.29, 1.82) is 0 Å². The van der Waals surface area contributed by atoms with E-state index in [1.54, 1.807) is 44.2 Å². The molecule has 79 heavy (non-hydrogen) atoms. The summed E-state index contributed by atoms with van der Waals surface area (Å²) in [6.45, 7) is 6.84. The minimum absolute atomic E-state index is 0.0240. The molecule has 2 rings (SSSR count). The third-order valence-corrected chi connectivity index (χ3v) is 12.0. The number of aliphatic hydroxyl groups is 1. The number of carboxylic acids is 2. The van der Waals surface area contributed by atoms with E-state index in [1.165, 1.54) is 45.0 Å². The van der Waals surface area contributed by atoms with Crippen molar-refractivity contribution in [2.45, 2.75) is 147 Å². The Morgan fingerprint density at radius 1 is 0.532 bits per heavy atom. The molecule has 2 aromatic carbocycles. The second-order valence-corrected chi connectivity index (χ2v) is 19.5. The van der Waals surface area contributed by atoms with Gasteiger partial charge in [-0.2, -0.15) is 0 Å². The number of amides is 9. The molecule has 0 heterocycles. The molecule has 0 saturated carbocycles. The number of carbonyl (C=O) groups excluding carboxylic acids is 9. The molecular weight excluding hydrogens is 1030 g/mol. The maximum absolute atomic E-state index is 13.9. The van der Waals surface area contributed by atoms with Gasteiger partial charge in [0.2, 0.25) is 53.2 Å². The van der Waals surface area contributed by atoms with E-state index >= 15 is 0 Å². The van der Waals surface area contributed by atoms with Crippen molar-refractivity contribution in [3.8, 4) is 5.75 Å². The summed E-state index contributed by atoms with van der Waals surface area (Å²) in [5, 5.41) is 58.8. The largest absolute Gasteiger partial charge is 0.508 e. The summed E-state index contributed by atoms with van der Waals surface area (Å²) in [5.41, 5.74) is 23.2. The van der Waals surface area contributed by atoms with Gasteiger partial charge in [0.15, 0.2) is 5.96 Å². The highest BCUT2D eigenvalue weighted by Gasteiger charge is 2.36. The fraction of sp³-hybridized carbons (Fsp3) is 0.529. The second kappa shape index (κ2) is 33.7. The van der Waals surface area contributed by atoms with E-state index < -0.39 is 158 Å². The van der Waals surface area contributed by atoms with Crippen LogP contribution < -0.4 is 65.5 Å². The van der Waals surface area contributed by atoms with E-state index in [-0.39, 0.29) is 49.9 Å². The molecule has 0 saturated heterocycles. The maximum atomic E-state index is 13.9. The number of aliphatic hydroxyl groups excluding tert-OH is 1. The number of primary amides is 1. The molecule has 436 valence electrons. The van der Waals surface area contributed by atoms with Crippen LogP contribution in [0.5, 0.6) is 5.75 Å². The molecule has 0 radical (unpaired) electrons. The number of aromatic hydroxyl groups is 1. The molecule has 0 spiro atoms. The van der Waals surface area contributed by atoms with Crippen LogP contribution in [0.1, 0.15) is 90.7 Å².